The fourth-order valence-electron chi connectivity index (χ4n) is 1.58. The predicted molar refractivity (Wildman–Crippen MR) is 68.1 cm³/mol. The van der Waals surface area contributed by atoms with E-state index in [4.69, 9.17) is 10.2 Å². The number of nitrogens with zero attached hydrogens (tertiary/aromatic N) is 2. The van der Waals surface area contributed by atoms with Gasteiger partial charge in [-0.05, 0) is 0 Å². The second-order valence-electron chi connectivity index (χ2n) is 4.32. The molecule has 0 aromatic heterocycles. The third-order valence-electron chi connectivity index (χ3n) is 2.49. The van der Waals surface area contributed by atoms with Crippen LogP contribution in [0.4, 0.5) is 4.79 Å². The van der Waals surface area contributed by atoms with E-state index < -0.39 is 37.0 Å². The van der Waals surface area contributed by atoms with Crippen molar-refractivity contribution in [2.75, 3.05) is 33.7 Å². The van der Waals surface area contributed by atoms with Crippen LogP contribution >= 0.6 is 0 Å². The molecule has 0 fully saturated rings. The van der Waals surface area contributed by atoms with E-state index in [1.54, 1.807) is 6.92 Å². The highest BCUT2D eigenvalue weighted by atomic mass is 16.4. The monoisotopic (exact) mass is 289 g/mol. The van der Waals surface area contributed by atoms with Crippen molar-refractivity contribution >= 4 is 23.9 Å². The summed E-state index contributed by atoms with van der Waals surface area (Å²) in [5.41, 5.74) is 0. The Morgan fingerprint density at radius 1 is 1.10 bits per heavy atom. The normalized spacial score (nSPS) is 11.3. The van der Waals surface area contributed by atoms with Crippen LogP contribution < -0.4 is 5.32 Å². The number of rotatable bonds is 7. The second-order valence-corrected chi connectivity index (χ2v) is 4.32. The molecule has 3 N–H and O–H groups in total. The van der Waals surface area contributed by atoms with Gasteiger partial charge < -0.3 is 25.3 Å². The van der Waals surface area contributed by atoms with Crippen molar-refractivity contribution in [3.8, 4) is 0 Å². The maximum Gasteiger partial charge on any atom is 0.323 e. The highest BCUT2D eigenvalue weighted by molar-refractivity contribution is 5.84. The zero-order valence-electron chi connectivity index (χ0n) is 11.6. The summed E-state index contributed by atoms with van der Waals surface area (Å²) in [4.78, 5) is 46.3. The quantitative estimate of drug-likeness (QED) is 0.545. The van der Waals surface area contributed by atoms with Gasteiger partial charge in [0.05, 0.1) is 5.92 Å². The molecule has 0 saturated carbocycles. The number of amides is 3. The first kappa shape index (κ1) is 17.7. The third kappa shape index (κ3) is 6.03. The largest absolute Gasteiger partial charge is 0.480 e. The molecular weight excluding hydrogens is 270 g/mol. The van der Waals surface area contributed by atoms with Gasteiger partial charge in [-0.15, -0.1) is 0 Å². The van der Waals surface area contributed by atoms with E-state index >= 15 is 0 Å². The molecule has 0 aliphatic heterocycles. The molecular formula is C11H19N3O6. The van der Waals surface area contributed by atoms with Gasteiger partial charge in [0.25, 0.3) is 0 Å². The van der Waals surface area contributed by atoms with E-state index in [0.29, 0.717) is 4.90 Å². The van der Waals surface area contributed by atoms with Gasteiger partial charge >= 0.3 is 18.0 Å². The summed E-state index contributed by atoms with van der Waals surface area (Å²) >= 11 is 0. The van der Waals surface area contributed by atoms with Gasteiger partial charge in [-0.2, -0.15) is 0 Å². The number of carbonyl (C=O) groups excluding carboxylic acids is 2. The zero-order valence-corrected chi connectivity index (χ0v) is 11.6. The van der Waals surface area contributed by atoms with E-state index in [0.717, 1.165) is 4.90 Å². The first-order valence-corrected chi connectivity index (χ1v) is 5.84. The van der Waals surface area contributed by atoms with Gasteiger partial charge in [0.1, 0.15) is 13.1 Å². The highest BCUT2D eigenvalue weighted by Crippen LogP contribution is 2.03. The Bertz CT molecular complexity index is 382. The Morgan fingerprint density at radius 2 is 1.55 bits per heavy atom. The summed E-state index contributed by atoms with van der Waals surface area (Å²) in [5, 5.41) is 19.8. The molecule has 0 spiro atoms. The van der Waals surface area contributed by atoms with Crippen molar-refractivity contribution in [1.29, 1.82) is 0 Å². The van der Waals surface area contributed by atoms with Crippen molar-refractivity contribution < 1.29 is 29.4 Å². The number of carboxylic acids is 2. The van der Waals surface area contributed by atoms with Crippen LogP contribution in [0.1, 0.15) is 6.92 Å². The van der Waals surface area contributed by atoms with E-state index in [-0.39, 0.29) is 12.5 Å². The highest BCUT2D eigenvalue weighted by Gasteiger charge is 2.25. The first-order chi connectivity index (χ1) is 9.18. The lowest BCUT2D eigenvalue weighted by Crippen LogP contribution is -2.48. The van der Waals surface area contributed by atoms with Gasteiger partial charge in [-0.1, -0.05) is 6.92 Å². The van der Waals surface area contributed by atoms with E-state index in [1.807, 2.05) is 0 Å². The van der Waals surface area contributed by atoms with Crippen molar-refractivity contribution in [2.45, 2.75) is 6.92 Å². The molecule has 0 heterocycles. The summed E-state index contributed by atoms with van der Waals surface area (Å²) in [7, 11) is 2.83. The molecule has 9 heteroatoms. The van der Waals surface area contributed by atoms with Crippen LogP contribution in [0.2, 0.25) is 0 Å². The van der Waals surface area contributed by atoms with Crippen LogP contribution in [0, 0.1) is 5.92 Å². The van der Waals surface area contributed by atoms with Crippen LogP contribution in [0.15, 0.2) is 0 Å². The fraction of sp³-hybridized carbons (Fsp3) is 0.636. The van der Waals surface area contributed by atoms with Crippen molar-refractivity contribution in [3.05, 3.63) is 0 Å². The van der Waals surface area contributed by atoms with Crippen LogP contribution in [-0.2, 0) is 14.4 Å². The number of carbonyl (C=O) groups is 4. The number of carboxylic acid groups (broad SMARTS) is 2. The molecule has 0 aliphatic rings. The molecule has 114 valence electrons. The Hall–Kier alpha value is -2.32. The van der Waals surface area contributed by atoms with Crippen LogP contribution in [-0.4, -0.2) is 77.6 Å². The number of nitrogens with one attached hydrogen (secondary N) is 1. The number of aliphatic carboxylic acids is 2. The average molecular weight is 289 g/mol. The molecule has 0 aromatic rings. The molecule has 0 rings (SSSR count). The minimum atomic E-state index is -1.31. The van der Waals surface area contributed by atoms with Crippen LogP contribution in [0.3, 0.4) is 0 Å². The Balaban J connectivity index is 4.74. The van der Waals surface area contributed by atoms with E-state index in [9.17, 15) is 19.2 Å². The Morgan fingerprint density at radius 3 is 1.90 bits per heavy atom. The third-order valence-corrected chi connectivity index (χ3v) is 2.49. The minimum absolute atomic E-state index is 0.0498. The lowest BCUT2D eigenvalue weighted by Gasteiger charge is -2.27. The maximum atomic E-state index is 12.0. The van der Waals surface area contributed by atoms with Crippen molar-refractivity contribution in [1.82, 2.24) is 15.1 Å². The fourth-order valence-corrected chi connectivity index (χ4v) is 1.58. The minimum Gasteiger partial charge on any atom is -0.480 e. The molecule has 1 unspecified atom stereocenters. The second kappa shape index (κ2) is 7.97. The van der Waals surface area contributed by atoms with E-state index in [2.05, 4.69) is 5.32 Å². The molecule has 20 heavy (non-hydrogen) atoms. The number of urea groups is 1. The SMILES string of the molecule is CNC(=O)C(C)CN(C)C(=O)N(CC(=O)O)CC(=O)O. The summed E-state index contributed by atoms with van der Waals surface area (Å²) in [6.45, 7) is 0.212. The average Bonchev–Trinajstić information content (AvgIpc) is 2.34. The summed E-state index contributed by atoms with van der Waals surface area (Å²) in [5.74, 6) is -3.39. The summed E-state index contributed by atoms with van der Waals surface area (Å²) in [6.07, 6.45) is 0. The van der Waals surface area contributed by atoms with Crippen LogP contribution in [0.25, 0.3) is 0 Å². The Kier molecular flexibility index (Phi) is 7.05. The Labute approximate surface area is 116 Å². The predicted octanol–water partition coefficient (Wildman–Crippen LogP) is -1.11. The summed E-state index contributed by atoms with van der Waals surface area (Å²) in [6, 6.07) is -0.759. The van der Waals surface area contributed by atoms with Gasteiger partial charge in [0.15, 0.2) is 0 Å². The van der Waals surface area contributed by atoms with Crippen molar-refractivity contribution in [3.63, 3.8) is 0 Å². The van der Waals surface area contributed by atoms with Gasteiger partial charge in [-0.25, -0.2) is 4.79 Å². The zero-order chi connectivity index (χ0) is 15.9. The number of hydrogen-bond acceptors (Lipinski definition) is 4. The van der Waals surface area contributed by atoms with Crippen LogP contribution in [0.5, 0.6) is 0 Å². The summed E-state index contributed by atoms with van der Waals surface area (Å²) < 4.78 is 0. The molecule has 0 bridgehead atoms. The van der Waals surface area contributed by atoms with Crippen molar-refractivity contribution in [2.24, 2.45) is 5.92 Å². The first-order valence-electron chi connectivity index (χ1n) is 5.84. The molecule has 0 radical (unpaired) electrons. The molecule has 9 nitrogen and oxygen atoms in total. The molecule has 0 aliphatic carbocycles. The molecule has 0 saturated heterocycles. The van der Waals surface area contributed by atoms with Gasteiger partial charge in [0.2, 0.25) is 5.91 Å². The lowest BCUT2D eigenvalue weighted by atomic mass is 10.1. The van der Waals surface area contributed by atoms with Gasteiger partial charge in [0, 0.05) is 20.6 Å². The molecule has 3 amide bonds. The number of hydrogen-bond donors (Lipinski definition) is 3. The maximum absolute atomic E-state index is 12.0. The smallest absolute Gasteiger partial charge is 0.323 e. The lowest BCUT2D eigenvalue weighted by molar-refractivity contribution is -0.141. The molecule has 0 aromatic carbocycles. The van der Waals surface area contributed by atoms with E-state index in [1.165, 1.54) is 14.1 Å². The standard InChI is InChI=1S/C11H19N3O6/c1-7(10(19)12-2)4-13(3)11(20)14(5-8(15)16)6-9(17)18/h7H,4-6H2,1-3H3,(H,12,19)(H,15,16)(H,17,18). The molecule has 1 atom stereocenters. The topological polar surface area (TPSA) is 127 Å². The van der Waals surface area contributed by atoms with Gasteiger partial charge in [-0.3, -0.25) is 14.4 Å².